The van der Waals surface area contributed by atoms with Crippen LogP contribution in [0.15, 0.2) is 36.8 Å². The number of rotatable bonds is 7. The molecule has 0 saturated heterocycles. The zero-order valence-corrected chi connectivity index (χ0v) is 12.1. The number of nitrogens with zero attached hydrogens (tertiary/aromatic N) is 3. The molecule has 1 atom stereocenters. The van der Waals surface area contributed by atoms with Crippen molar-refractivity contribution in [3.8, 4) is 0 Å². The van der Waals surface area contributed by atoms with Gasteiger partial charge in [-0.1, -0.05) is 6.07 Å². The highest BCUT2D eigenvalue weighted by Crippen LogP contribution is 2.10. The Labute approximate surface area is 127 Å². The molecule has 0 amide bonds. The van der Waals surface area contributed by atoms with Gasteiger partial charge in [0.1, 0.15) is 5.92 Å². The fourth-order valence-electron chi connectivity index (χ4n) is 2.00. The minimum Gasteiger partial charge on any atom is -0.549 e. The van der Waals surface area contributed by atoms with Crippen molar-refractivity contribution < 1.29 is 19.4 Å². The molecule has 0 aliphatic heterocycles. The summed E-state index contributed by atoms with van der Waals surface area (Å²) in [4.78, 5) is 26.9. The molecule has 2 aromatic heterocycles. The molecule has 0 fully saturated rings. The first-order valence-corrected chi connectivity index (χ1v) is 6.89. The smallest absolute Gasteiger partial charge is 0.314 e. The van der Waals surface area contributed by atoms with Gasteiger partial charge in [-0.25, -0.2) is 0 Å². The number of aromatic nitrogens is 3. The SMILES string of the molecule is CCOC(=O)C(Cc1cnn(Cc2ccccn2)c1)C(=O)[O-]. The van der Waals surface area contributed by atoms with Gasteiger partial charge in [0.15, 0.2) is 0 Å². The molecule has 0 spiro atoms. The summed E-state index contributed by atoms with van der Waals surface area (Å²) >= 11 is 0. The molecule has 22 heavy (non-hydrogen) atoms. The molecule has 0 aliphatic rings. The van der Waals surface area contributed by atoms with Crippen molar-refractivity contribution in [2.24, 2.45) is 5.92 Å². The Morgan fingerprint density at radius 3 is 2.86 bits per heavy atom. The third kappa shape index (κ3) is 4.15. The van der Waals surface area contributed by atoms with Crippen molar-refractivity contribution in [2.75, 3.05) is 6.61 Å². The van der Waals surface area contributed by atoms with E-state index in [1.54, 1.807) is 24.0 Å². The molecule has 0 saturated carbocycles. The lowest BCUT2D eigenvalue weighted by Crippen LogP contribution is -2.38. The first-order chi connectivity index (χ1) is 10.6. The first kappa shape index (κ1) is 15.7. The summed E-state index contributed by atoms with van der Waals surface area (Å²) < 4.78 is 6.38. The number of ether oxygens (including phenoxy) is 1. The number of pyridine rings is 1. The van der Waals surface area contributed by atoms with Crippen molar-refractivity contribution >= 4 is 11.9 Å². The van der Waals surface area contributed by atoms with Crippen LogP contribution in [0.4, 0.5) is 0 Å². The second-order valence-electron chi connectivity index (χ2n) is 4.70. The normalized spacial score (nSPS) is 11.9. The molecule has 0 radical (unpaired) electrons. The van der Waals surface area contributed by atoms with E-state index < -0.39 is 17.9 Å². The number of hydrogen-bond donors (Lipinski definition) is 0. The lowest BCUT2D eigenvalue weighted by Gasteiger charge is -2.15. The minimum absolute atomic E-state index is 0.0105. The summed E-state index contributed by atoms with van der Waals surface area (Å²) in [7, 11) is 0. The zero-order valence-electron chi connectivity index (χ0n) is 12.1. The highest BCUT2D eigenvalue weighted by atomic mass is 16.5. The van der Waals surface area contributed by atoms with Crippen molar-refractivity contribution in [3.63, 3.8) is 0 Å². The van der Waals surface area contributed by atoms with Gasteiger partial charge in [-0.2, -0.15) is 5.10 Å². The molecule has 2 heterocycles. The number of carbonyl (C=O) groups excluding carboxylic acids is 2. The first-order valence-electron chi connectivity index (χ1n) is 6.89. The highest BCUT2D eigenvalue weighted by molar-refractivity contribution is 5.93. The van der Waals surface area contributed by atoms with Crippen LogP contribution in [0.25, 0.3) is 0 Å². The van der Waals surface area contributed by atoms with Gasteiger partial charge in [-0.15, -0.1) is 0 Å². The molecule has 7 heteroatoms. The Morgan fingerprint density at radius 1 is 1.41 bits per heavy atom. The average Bonchev–Trinajstić information content (AvgIpc) is 2.93. The second-order valence-corrected chi connectivity index (χ2v) is 4.70. The maximum absolute atomic E-state index is 11.6. The third-order valence-corrected chi connectivity index (χ3v) is 3.03. The van der Waals surface area contributed by atoms with Gasteiger partial charge in [0.25, 0.3) is 0 Å². The summed E-state index contributed by atoms with van der Waals surface area (Å²) in [6.45, 7) is 2.22. The van der Waals surface area contributed by atoms with Gasteiger partial charge >= 0.3 is 5.97 Å². The fraction of sp³-hybridized carbons (Fsp3) is 0.333. The molecular weight excluding hydrogens is 286 g/mol. The predicted molar refractivity (Wildman–Crippen MR) is 74.4 cm³/mol. The minimum atomic E-state index is -1.45. The monoisotopic (exact) mass is 302 g/mol. The lowest BCUT2D eigenvalue weighted by atomic mass is 10.0. The van der Waals surface area contributed by atoms with Gasteiger partial charge in [0, 0.05) is 12.4 Å². The van der Waals surface area contributed by atoms with Crippen LogP contribution in [0, 0.1) is 5.92 Å². The maximum Gasteiger partial charge on any atom is 0.314 e. The number of carboxylic acids is 1. The van der Waals surface area contributed by atoms with E-state index in [-0.39, 0.29) is 13.0 Å². The number of carboxylic acid groups (broad SMARTS) is 1. The van der Waals surface area contributed by atoms with E-state index in [2.05, 4.69) is 10.1 Å². The molecule has 0 aromatic carbocycles. The summed E-state index contributed by atoms with van der Waals surface area (Å²) in [5.41, 5.74) is 1.46. The topological polar surface area (TPSA) is 97.1 Å². The number of hydrogen-bond acceptors (Lipinski definition) is 6. The molecular formula is C15H16N3O4-. The van der Waals surface area contributed by atoms with Crippen molar-refractivity contribution in [1.82, 2.24) is 14.8 Å². The maximum atomic E-state index is 11.6. The van der Waals surface area contributed by atoms with Crippen molar-refractivity contribution in [2.45, 2.75) is 19.9 Å². The zero-order chi connectivity index (χ0) is 15.9. The Bertz CT molecular complexity index is 639. The van der Waals surface area contributed by atoms with Crippen LogP contribution in [0.1, 0.15) is 18.2 Å². The standard InChI is InChI=1S/C15H17N3O4/c1-2-22-15(21)13(14(19)20)7-11-8-17-18(9-11)10-12-5-3-4-6-16-12/h3-6,8-9,13H,2,7,10H2,1H3,(H,19,20)/p-1. The number of aliphatic carboxylic acids is 1. The summed E-state index contributed by atoms with van der Waals surface area (Å²) in [6.07, 6.45) is 4.89. The molecule has 7 nitrogen and oxygen atoms in total. The quantitative estimate of drug-likeness (QED) is 0.519. The van der Waals surface area contributed by atoms with Crippen molar-refractivity contribution in [1.29, 1.82) is 0 Å². The van der Waals surface area contributed by atoms with Crippen molar-refractivity contribution in [3.05, 3.63) is 48.0 Å². The van der Waals surface area contributed by atoms with Crippen LogP contribution in [-0.2, 0) is 27.3 Å². The molecule has 2 rings (SSSR count). The van der Waals surface area contributed by atoms with Gasteiger partial charge in [-0.3, -0.25) is 14.5 Å². The van der Waals surface area contributed by atoms with Gasteiger partial charge in [0.2, 0.25) is 0 Å². The van der Waals surface area contributed by atoms with Crippen LogP contribution in [0.3, 0.4) is 0 Å². The van der Waals surface area contributed by atoms with Crippen LogP contribution in [0.2, 0.25) is 0 Å². The van der Waals surface area contributed by atoms with E-state index in [1.165, 1.54) is 6.20 Å². The number of esters is 1. The van der Waals surface area contributed by atoms with E-state index in [1.807, 2.05) is 18.2 Å². The van der Waals surface area contributed by atoms with Crippen LogP contribution in [0.5, 0.6) is 0 Å². The highest BCUT2D eigenvalue weighted by Gasteiger charge is 2.22. The second kappa shape index (κ2) is 7.35. The molecule has 0 N–H and O–H groups in total. The third-order valence-electron chi connectivity index (χ3n) is 3.03. The Kier molecular flexibility index (Phi) is 5.24. The largest absolute Gasteiger partial charge is 0.549 e. The van der Waals surface area contributed by atoms with Crippen LogP contribution >= 0.6 is 0 Å². The Balaban J connectivity index is 2.04. The van der Waals surface area contributed by atoms with Crippen LogP contribution < -0.4 is 5.11 Å². The average molecular weight is 302 g/mol. The summed E-state index contributed by atoms with van der Waals surface area (Å²) in [5.74, 6) is -3.57. The molecule has 2 aromatic rings. The molecule has 0 bridgehead atoms. The molecule has 0 aliphatic carbocycles. The number of carbonyl (C=O) groups is 2. The van der Waals surface area contributed by atoms with E-state index in [0.29, 0.717) is 12.1 Å². The van der Waals surface area contributed by atoms with E-state index in [4.69, 9.17) is 4.74 Å². The molecule has 116 valence electrons. The Hall–Kier alpha value is -2.70. The van der Waals surface area contributed by atoms with Gasteiger partial charge in [0.05, 0.1) is 31.0 Å². The summed E-state index contributed by atoms with van der Waals surface area (Å²) in [6, 6.07) is 5.56. The van der Waals surface area contributed by atoms with Gasteiger partial charge < -0.3 is 14.6 Å². The predicted octanol–water partition coefficient (Wildman–Crippen LogP) is -0.202. The summed E-state index contributed by atoms with van der Waals surface area (Å²) in [5, 5.41) is 15.2. The fourth-order valence-corrected chi connectivity index (χ4v) is 2.00. The molecule has 1 unspecified atom stereocenters. The van der Waals surface area contributed by atoms with E-state index in [9.17, 15) is 14.7 Å². The van der Waals surface area contributed by atoms with E-state index in [0.717, 1.165) is 5.69 Å². The van der Waals surface area contributed by atoms with E-state index >= 15 is 0 Å². The lowest BCUT2D eigenvalue weighted by molar-refractivity contribution is -0.310. The van der Waals surface area contributed by atoms with Gasteiger partial charge in [-0.05, 0) is 31.0 Å². The van der Waals surface area contributed by atoms with Crippen LogP contribution in [-0.4, -0.2) is 33.3 Å². The Morgan fingerprint density at radius 2 is 2.23 bits per heavy atom.